The molecule has 1 saturated carbocycles. The second kappa shape index (κ2) is 11.6. The van der Waals surface area contributed by atoms with E-state index in [-0.39, 0.29) is 17.6 Å². The van der Waals surface area contributed by atoms with Crippen molar-refractivity contribution in [2.75, 3.05) is 18.4 Å². The molecule has 1 saturated heterocycles. The van der Waals surface area contributed by atoms with Crippen LogP contribution in [0.2, 0.25) is 5.02 Å². The summed E-state index contributed by atoms with van der Waals surface area (Å²) in [6.45, 7) is 2.78. The Morgan fingerprint density at radius 3 is 2.27 bits per heavy atom. The van der Waals surface area contributed by atoms with Crippen molar-refractivity contribution in [2.24, 2.45) is 0 Å². The van der Waals surface area contributed by atoms with Crippen LogP contribution in [0.1, 0.15) is 86.2 Å². The number of thiazole rings is 1. The SMILES string of the molecule is CC(=O)c1ccc(C2CCN(C(=O)c3cc(NC(=O)c4nc(C5CC5)sc4-c4ccccc4)ccc3Cl)CC2)cc1. The number of hydrogen-bond donors (Lipinski definition) is 1. The number of likely N-dealkylation sites (tertiary alicyclic amines) is 1. The fourth-order valence-corrected chi connectivity index (χ4v) is 6.75. The molecule has 4 aromatic rings. The van der Waals surface area contributed by atoms with E-state index in [2.05, 4.69) is 5.32 Å². The van der Waals surface area contributed by atoms with Crippen molar-refractivity contribution in [3.05, 3.63) is 105 Å². The number of rotatable bonds is 7. The lowest BCUT2D eigenvalue weighted by atomic mass is 9.88. The predicted octanol–water partition coefficient (Wildman–Crippen LogP) is 7.82. The number of nitrogens with zero attached hydrogens (tertiary/aromatic N) is 2. The quantitative estimate of drug-likeness (QED) is 0.225. The van der Waals surface area contributed by atoms with Crippen LogP contribution in [0.15, 0.2) is 72.8 Å². The monoisotopic (exact) mass is 583 g/mol. The standard InChI is InChI=1S/C33H30ClN3O3S/c1-20(38)21-7-9-22(10-8-21)23-15-17-37(18-16-23)33(40)27-19-26(13-14-28(27)34)35-31(39)29-30(24-5-3-2-4-6-24)41-32(36-29)25-11-12-25/h2-10,13-14,19,23,25H,11-12,15-18H2,1H3,(H,35,39). The summed E-state index contributed by atoms with van der Waals surface area (Å²) in [5.41, 5.74) is 4.14. The maximum atomic E-state index is 13.5. The van der Waals surface area contributed by atoms with E-state index in [9.17, 15) is 14.4 Å². The molecule has 3 aromatic carbocycles. The highest BCUT2D eigenvalue weighted by Gasteiger charge is 2.31. The van der Waals surface area contributed by atoms with Gasteiger partial charge in [-0.05, 0) is 67.9 Å². The number of nitrogens with one attached hydrogen (secondary N) is 1. The van der Waals surface area contributed by atoms with E-state index < -0.39 is 0 Å². The summed E-state index contributed by atoms with van der Waals surface area (Å²) < 4.78 is 0. The zero-order valence-corrected chi connectivity index (χ0v) is 24.3. The van der Waals surface area contributed by atoms with E-state index in [0.717, 1.165) is 41.1 Å². The Kier molecular flexibility index (Phi) is 7.73. The molecule has 0 bridgehead atoms. The fourth-order valence-electron chi connectivity index (χ4n) is 5.31. The van der Waals surface area contributed by atoms with E-state index >= 15 is 0 Å². The predicted molar refractivity (Wildman–Crippen MR) is 163 cm³/mol. The Morgan fingerprint density at radius 1 is 0.902 bits per heavy atom. The Balaban J connectivity index is 1.15. The lowest BCUT2D eigenvalue weighted by molar-refractivity contribution is 0.0712. The van der Waals surface area contributed by atoms with Crippen LogP contribution in [0.3, 0.4) is 0 Å². The van der Waals surface area contributed by atoms with E-state index in [4.69, 9.17) is 16.6 Å². The highest BCUT2D eigenvalue weighted by Crippen LogP contribution is 2.45. The summed E-state index contributed by atoms with van der Waals surface area (Å²) >= 11 is 8.06. The van der Waals surface area contributed by atoms with Gasteiger partial charge in [0, 0.05) is 30.3 Å². The molecular formula is C33H30ClN3O3S. The molecule has 1 N–H and O–H groups in total. The largest absolute Gasteiger partial charge is 0.339 e. The van der Waals surface area contributed by atoms with Crippen LogP contribution in [0.25, 0.3) is 10.4 Å². The number of ketones is 1. The van der Waals surface area contributed by atoms with E-state index in [1.54, 1.807) is 36.5 Å². The van der Waals surface area contributed by atoms with Crippen molar-refractivity contribution >= 4 is 46.2 Å². The van der Waals surface area contributed by atoms with Gasteiger partial charge in [0.25, 0.3) is 11.8 Å². The molecule has 208 valence electrons. The summed E-state index contributed by atoms with van der Waals surface area (Å²) in [6, 6.07) is 22.6. The Morgan fingerprint density at radius 2 is 1.61 bits per heavy atom. The van der Waals surface area contributed by atoms with Crippen molar-refractivity contribution in [3.8, 4) is 10.4 Å². The molecule has 1 aliphatic heterocycles. The van der Waals surface area contributed by atoms with E-state index in [1.807, 2.05) is 59.5 Å². The van der Waals surface area contributed by atoms with Crippen molar-refractivity contribution in [3.63, 3.8) is 0 Å². The van der Waals surface area contributed by atoms with Crippen LogP contribution in [0.4, 0.5) is 5.69 Å². The minimum absolute atomic E-state index is 0.0542. The van der Waals surface area contributed by atoms with Crippen LogP contribution in [0.5, 0.6) is 0 Å². The number of hydrogen-bond acceptors (Lipinski definition) is 5. The van der Waals surface area contributed by atoms with Gasteiger partial charge in [-0.25, -0.2) is 4.98 Å². The van der Waals surface area contributed by atoms with Gasteiger partial charge in [0.1, 0.15) is 5.69 Å². The van der Waals surface area contributed by atoms with Gasteiger partial charge >= 0.3 is 0 Å². The maximum Gasteiger partial charge on any atom is 0.275 e. The van der Waals surface area contributed by atoms with Crippen LogP contribution in [-0.4, -0.2) is 40.6 Å². The van der Waals surface area contributed by atoms with Gasteiger partial charge in [0.05, 0.1) is 20.5 Å². The Labute approximate surface area is 248 Å². The molecule has 41 heavy (non-hydrogen) atoms. The first kappa shape index (κ1) is 27.4. The normalized spacial score (nSPS) is 15.5. The highest BCUT2D eigenvalue weighted by atomic mass is 35.5. The first-order chi connectivity index (χ1) is 19.9. The van der Waals surface area contributed by atoms with Crippen LogP contribution >= 0.6 is 22.9 Å². The van der Waals surface area contributed by atoms with Gasteiger partial charge in [0.2, 0.25) is 0 Å². The van der Waals surface area contributed by atoms with E-state index in [1.165, 1.54) is 5.56 Å². The summed E-state index contributed by atoms with van der Waals surface area (Å²) in [5.74, 6) is 0.375. The summed E-state index contributed by atoms with van der Waals surface area (Å²) in [4.78, 5) is 45.9. The minimum Gasteiger partial charge on any atom is -0.339 e. The molecule has 1 aliphatic carbocycles. The maximum absolute atomic E-state index is 13.5. The molecule has 1 aromatic heterocycles. The molecule has 0 atom stereocenters. The number of carbonyl (C=O) groups excluding carboxylic acids is 3. The number of halogens is 1. The number of aromatic nitrogens is 1. The molecule has 2 fully saturated rings. The number of benzene rings is 3. The highest BCUT2D eigenvalue weighted by molar-refractivity contribution is 7.15. The number of anilines is 1. The molecule has 0 unspecified atom stereocenters. The van der Waals surface area contributed by atoms with Crippen molar-refractivity contribution in [2.45, 2.75) is 44.4 Å². The fraction of sp³-hybridized carbons (Fsp3) is 0.273. The zero-order valence-electron chi connectivity index (χ0n) is 22.7. The van der Waals surface area contributed by atoms with Gasteiger partial charge in [-0.3, -0.25) is 14.4 Å². The van der Waals surface area contributed by atoms with Gasteiger partial charge in [-0.2, -0.15) is 0 Å². The first-order valence-electron chi connectivity index (χ1n) is 13.9. The van der Waals surface area contributed by atoms with Crippen LogP contribution in [0, 0.1) is 0 Å². The van der Waals surface area contributed by atoms with Gasteiger partial charge in [-0.1, -0.05) is 66.2 Å². The summed E-state index contributed by atoms with van der Waals surface area (Å²) in [7, 11) is 0. The van der Waals surface area contributed by atoms with E-state index in [0.29, 0.717) is 52.5 Å². The van der Waals surface area contributed by atoms with Gasteiger partial charge < -0.3 is 10.2 Å². The van der Waals surface area contributed by atoms with Crippen LogP contribution < -0.4 is 5.32 Å². The molecule has 6 nitrogen and oxygen atoms in total. The third-order valence-electron chi connectivity index (χ3n) is 7.85. The third-order valence-corrected chi connectivity index (χ3v) is 9.44. The second-order valence-electron chi connectivity index (χ2n) is 10.8. The molecule has 2 amide bonds. The van der Waals surface area contributed by atoms with Crippen molar-refractivity contribution in [1.29, 1.82) is 0 Å². The second-order valence-corrected chi connectivity index (χ2v) is 12.2. The smallest absolute Gasteiger partial charge is 0.275 e. The van der Waals surface area contributed by atoms with Gasteiger partial charge in [0.15, 0.2) is 5.78 Å². The molecule has 8 heteroatoms. The first-order valence-corrected chi connectivity index (χ1v) is 15.1. The molecule has 0 radical (unpaired) electrons. The van der Waals surface area contributed by atoms with Crippen molar-refractivity contribution in [1.82, 2.24) is 9.88 Å². The molecule has 2 heterocycles. The number of Topliss-reactive ketones (excluding diaryl/α,β-unsaturated/α-hetero) is 1. The van der Waals surface area contributed by atoms with Gasteiger partial charge in [-0.15, -0.1) is 11.3 Å². The topological polar surface area (TPSA) is 79.4 Å². The summed E-state index contributed by atoms with van der Waals surface area (Å²) in [6.07, 6.45) is 3.87. The lowest BCUT2D eigenvalue weighted by Crippen LogP contribution is -2.38. The zero-order chi connectivity index (χ0) is 28.5. The lowest BCUT2D eigenvalue weighted by Gasteiger charge is -2.32. The molecule has 2 aliphatic rings. The third kappa shape index (κ3) is 5.97. The Bertz CT molecular complexity index is 1600. The minimum atomic E-state index is -0.302. The molecule has 6 rings (SSSR count). The molecule has 0 spiro atoms. The van der Waals surface area contributed by atoms with Crippen molar-refractivity contribution < 1.29 is 14.4 Å². The summed E-state index contributed by atoms with van der Waals surface area (Å²) in [5, 5.41) is 4.31. The van der Waals surface area contributed by atoms with Crippen LogP contribution in [-0.2, 0) is 0 Å². The average molecular weight is 584 g/mol. The molecular weight excluding hydrogens is 554 g/mol. The number of piperidine rings is 1. The number of amides is 2. The average Bonchev–Trinajstić information content (AvgIpc) is 3.76. The number of carbonyl (C=O) groups is 3. The Hall–Kier alpha value is -3.81.